The predicted octanol–water partition coefficient (Wildman–Crippen LogP) is 4.02. The molecule has 0 saturated heterocycles. The van der Waals surface area contributed by atoms with Crippen molar-refractivity contribution in [2.45, 2.75) is 13.5 Å². The lowest BCUT2D eigenvalue weighted by Crippen LogP contribution is -2.30. The van der Waals surface area contributed by atoms with E-state index in [2.05, 4.69) is 10.1 Å². The standard InChI is InChI=1S/C21H18N4O2/c1-16-4-8-18(9-5-16)24(13-20-3-2-12-27-20)21(26)17-6-10-19(11-7-17)25-15-22-14-23-25/h2-12,14-15H,13H2,1H3. The van der Waals surface area contributed by atoms with Crippen LogP contribution in [0.3, 0.4) is 0 Å². The van der Waals surface area contributed by atoms with E-state index in [-0.39, 0.29) is 5.91 Å². The number of furan rings is 1. The molecule has 6 heteroatoms. The van der Waals surface area contributed by atoms with Crippen LogP contribution in [0.15, 0.2) is 84.0 Å². The van der Waals surface area contributed by atoms with Crippen molar-refractivity contribution in [3.63, 3.8) is 0 Å². The summed E-state index contributed by atoms with van der Waals surface area (Å²) in [5, 5.41) is 4.10. The molecule has 2 aromatic carbocycles. The van der Waals surface area contributed by atoms with Crippen molar-refractivity contribution in [1.82, 2.24) is 14.8 Å². The highest BCUT2D eigenvalue weighted by atomic mass is 16.3. The molecule has 0 aliphatic carbocycles. The van der Waals surface area contributed by atoms with E-state index >= 15 is 0 Å². The normalized spacial score (nSPS) is 10.7. The second kappa shape index (κ2) is 7.29. The maximum Gasteiger partial charge on any atom is 0.258 e. The number of carbonyl (C=O) groups is 1. The molecule has 6 nitrogen and oxygen atoms in total. The second-order valence-corrected chi connectivity index (χ2v) is 6.19. The Morgan fingerprint density at radius 1 is 1.07 bits per heavy atom. The second-order valence-electron chi connectivity index (χ2n) is 6.19. The van der Waals surface area contributed by atoms with Crippen molar-refractivity contribution in [3.05, 3.63) is 96.5 Å². The number of amides is 1. The lowest BCUT2D eigenvalue weighted by molar-refractivity contribution is 0.0983. The summed E-state index contributed by atoms with van der Waals surface area (Å²) in [6.45, 7) is 2.38. The maximum absolute atomic E-state index is 13.2. The zero-order chi connectivity index (χ0) is 18.6. The first kappa shape index (κ1) is 16.8. The van der Waals surface area contributed by atoms with E-state index < -0.39 is 0 Å². The molecule has 0 bridgehead atoms. The summed E-state index contributed by atoms with van der Waals surface area (Å²) in [7, 11) is 0. The first-order valence-corrected chi connectivity index (χ1v) is 8.57. The van der Waals surface area contributed by atoms with Crippen molar-refractivity contribution in [1.29, 1.82) is 0 Å². The molecule has 0 atom stereocenters. The van der Waals surface area contributed by atoms with Gasteiger partial charge in [0.1, 0.15) is 18.4 Å². The van der Waals surface area contributed by atoms with Gasteiger partial charge in [0.15, 0.2) is 0 Å². The fourth-order valence-electron chi connectivity index (χ4n) is 2.82. The summed E-state index contributed by atoms with van der Waals surface area (Å²) in [5.74, 6) is 0.628. The van der Waals surface area contributed by atoms with Gasteiger partial charge in [-0.3, -0.25) is 4.79 Å². The van der Waals surface area contributed by atoms with Crippen LogP contribution in [-0.4, -0.2) is 20.7 Å². The number of benzene rings is 2. The van der Waals surface area contributed by atoms with Gasteiger partial charge in [-0.2, -0.15) is 5.10 Å². The molecule has 0 aliphatic rings. The maximum atomic E-state index is 13.2. The van der Waals surface area contributed by atoms with Crippen molar-refractivity contribution >= 4 is 11.6 Å². The Hall–Kier alpha value is -3.67. The highest BCUT2D eigenvalue weighted by Crippen LogP contribution is 2.22. The summed E-state index contributed by atoms with van der Waals surface area (Å²) in [5.41, 5.74) is 3.40. The molecule has 0 spiro atoms. The van der Waals surface area contributed by atoms with Gasteiger partial charge in [0.2, 0.25) is 0 Å². The molecule has 0 N–H and O–H groups in total. The number of hydrogen-bond acceptors (Lipinski definition) is 4. The van der Waals surface area contributed by atoms with Gasteiger partial charge in [-0.05, 0) is 55.5 Å². The fourth-order valence-corrected chi connectivity index (χ4v) is 2.82. The molecule has 0 radical (unpaired) electrons. The van der Waals surface area contributed by atoms with Gasteiger partial charge in [0.05, 0.1) is 18.5 Å². The van der Waals surface area contributed by atoms with Crippen molar-refractivity contribution in [2.24, 2.45) is 0 Å². The number of carbonyl (C=O) groups excluding carboxylic acids is 1. The van der Waals surface area contributed by atoms with Crippen LogP contribution >= 0.6 is 0 Å². The highest BCUT2D eigenvalue weighted by molar-refractivity contribution is 6.06. The molecule has 27 heavy (non-hydrogen) atoms. The molecule has 0 unspecified atom stereocenters. The minimum Gasteiger partial charge on any atom is -0.467 e. The van der Waals surface area contributed by atoms with Crippen LogP contribution in [0.5, 0.6) is 0 Å². The third-order valence-electron chi connectivity index (χ3n) is 4.28. The van der Waals surface area contributed by atoms with Gasteiger partial charge in [-0.15, -0.1) is 0 Å². The van der Waals surface area contributed by atoms with Crippen LogP contribution in [0.1, 0.15) is 21.7 Å². The summed E-state index contributed by atoms with van der Waals surface area (Å²) in [4.78, 5) is 18.9. The third-order valence-corrected chi connectivity index (χ3v) is 4.28. The van der Waals surface area contributed by atoms with Crippen LogP contribution in [0.25, 0.3) is 5.69 Å². The number of anilines is 1. The number of rotatable bonds is 5. The van der Waals surface area contributed by atoms with Crippen LogP contribution in [0.2, 0.25) is 0 Å². The zero-order valence-corrected chi connectivity index (χ0v) is 14.8. The van der Waals surface area contributed by atoms with E-state index in [1.165, 1.54) is 6.33 Å². The molecular weight excluding hydrogens is 340 g/mol. The van der Waals surface area contributed by atoms with E-state index in [1.807, 2.05) is 55.5 Å². The van der Waals surface area contributed by atoms with Crippen molar-refractivity contribution < 1.29 is 9.21 Å². The van der Waals surface area contributed by atoms with E-state index in [9.17, 15) is 4.79 Å². The van der Waals surface area contributed by atoms with Gasteiger partial charge in [0, 0.05) is 11.3 Å². The molecule has 0 saturated carbocycles. The number of aromatic nitrogens is 3. The highest BCUT2D eigenvalue weighted by Gasteiger charge is 2.19. The number of hydrogen-bond donors (Lipinski definition) is 0. The monoisotopic (exact) mass is 358 g/mol. The third kappa shape index (κ3) is 3.64. The summed E-state index contributed by atoms with van der Waals surface area (Å²) >= 11 is 0. The first-order chi connectivity index (χ1) is 13.2. The Labute approximate surface area is 156 Å². The van der Waals surface area contributed by atoms with Crippen LogP contribution in [-0.2, 0) is 6.54 Å². The lowest BCUT2D eigenvalue weighted by Gasteiger charge is -2.22. The topological polar surface area (TPSA) is 64.2 Å². The largest absolute Gasteiger partial charge is 0.467 e. The fraction of sp³-hybridized carbons (Fsp3) is 0.0952. The molecule has 134 valence electrons. The molecule has 0 fully saturated rings. The Balaban J connectivity index is 1.64. The van der Waals surface area contributed by atoms with Gasteiger partial charge < -0.3 is 9.32 Å². The van der Waals surface area contributed by atoms with E-state index in [0.717, 1.165) is 22.7 Å². The molecule has 1 amide bonds. The van der Waals surface area contributed by atoms with E-state index in [4.69, 9.17) is 4.42 Å². The summed E-state index contributed by atoms with van der Waals surface area (Å²) < 4.78 is 7.10. The number of aryl methyl sites for hydroxylation is 1. The van der Waals surface area contributed by atoms with Gasteiger partial charge in [-0.1, -0.05) is 17.7 Å². The Morgan fingerprint density at radius 2 is 1.85 bits per heavy atom. The predicted molar refractivity (Wildman–Crippen MR) is 102 cm³/mol. The zero-order valence-electron chi connectivity index (χ0n) is 14.8. The summed E-state index contributed by atoms with van der Waals surface area (Å²) in [6.07, 6.45) is 4.70. The molecule has 2 aromatic heterocycles. The Bertz CT molecular complexity index is 1010. The molecule has 2 heterocycles. The van der Waals surface area contributed by atoms with E-state index in [1.54, 1.807) is 34.3 Å². The molecular formula is C21H18N4O2. The molecule has 0 aliphatic heterocycles. The van der Waals surface area contributed by atoms with Crippen molar-refractivity contribution in [2.75, 3.05) is 4.90 Å². The minimum atomic E-state index is -0.0969. The van der Waals surface area contributed by atoms with Crippen LogP contribution in [0.4, 0.5) is 5.69 Å². The average Bonchev–Trinajstić information content (AvgIpc) is 3.41. The van der Waals surface area contributed by atoms with Gasteiger partial charge >= 0.3 is 0 Å². The van der Waals surface area contributed by atoms with E-state index in [0.29, 0.717) is 12.1 Å². The minimum absolute atomic E-state index is 0.0969. The van der Waals surface area contributed by atoms with Crippen molar-refractivity contribution in [3.8, 4) is 5.69 Å². The summed E-state index contributed by atoms with van der Waals surface area (Å²) in [6, 6.07) is 18.8. The lowest BCUT2D eigenvalue weighted by atomic mass is 10.1. The van der Waals surface area contributed by atoms with Gasteiger partial charge in [0.25, 0.3) is 5.91 Å². The Kier molecular flexibility index (Phi) is 4.53. The quantitative estimate of drug-likeness (QED) is 0.541. The SMILES string of the molecule is Cc1ccc(N(Cc2ccco2)C(=O)c2ccc(-n3cncn3)cc2)cc1. The average molecular weight is 358 g/mol. The van der Waals surface area contributed by atoms with Crippen LogP contribution < -0.4 is 4.90 Å². The Morgan fingerprint density at radius 3 is 2.48 bits per heavy atom. The number of nitrogens with zero attached hydrogens (tertiary/aromatic N) is 4. The molecule has 4 rings (SSSR count). The van der Waals surface area contributed by atoms with Crippen LogP contribution in [0, 0.1) is 6.92 Å². The first-order valence-electron chi connectivity index (χ1n) is 8.57. The smallest absolute Gasteiger partial charge is 0.258 e. The van der Waals surface area contributed by atoms with Gasteiger partial charge in [-0.25, -0.2) is 9.67 Å². The molecule has 4 aromatic rings.